The van der Waals surface area contributed by atoms with Crippen molar-refractivity contribution in [3.05, 3.63) is 59.7 Å². The standard InChI is InChI=1S/C23H29N3O2/c1-16(2)22(19-12-10-18(11-13-19)17-7-4-3-5-8-17)24-15-21-25-26-23(28-21)20-9-6-14-27-20/h6,9-14,16-17,22,24H,3-5,7-8,15H2,1-2H3. The monoisotopic (exact) mass is 379 g/mol. The molecule has 0 radical (unpaired) electrons. The Bertz CT molecular complexity index is 846. The molecule has 5 heteroatoms. The van der Waals surface area contributed by atoms with Crippen molar-refractivity contribution >= 4 is 0 Å². The fourth-order valence-electron chi connectivity index (χ4n) is 4.17. The predicted octanol–water partition coefficient (Wildman–Crippen LogP) is 5.86. The first kappa shape index (κ1) is 18.9. The summed E-state index contributed by atoms with van der Waals surface area (Å²) in [5, 5.41) is 11.8. The third kappa shape index (κ3) is 4.36. The number of benzene rings is 1. The van der Waals surface area contributed by atoms with E-state index >= 15 is 0 Å². The summed E-state index contributed by atoms with van der Waals surface area (Å²) in [6, 6.07) is 13.1. The molecule has 1 aliphatic carbocycles. The van der Waals surface area contributed by atoms with Crippen molar-refractivity contribution in [1.29, 1.82) is 0 Å². The number of hydrogen-bond donors (Lipinski definition) is 1. The zero-order valence-electron chi connectivity index (χ0n) is 16.7. The van der Waals surface area contributed by atoms with Gasteiger partial charge in [0.1, 0.15) is 0 Å². The number of hydrogen-bond acceptors (Lipinski definition) is 5. The minimum Gasteiger partial charge on any atom is -0.459 e. The summed E-state index contributed by atoms with van der Waals surface area (Å²) in [7, 11) is 0. The molecule has 148 valence electrons. The highest BCUT2D eigenvalue weighted by Gasteiger charge is 2.19. The molecule has 2 aromatic heterocycles. The molecule has 1 aromatic carbocycles. The predicted molar refractivity (Wildman–Crippen MR) is 109 cm³/mol. The van der Waals surface area contributed by atoms with Gasteiger partial charge in [-0.3, -0.25) is 0 Å². The van der Waals surface area contributed by atoms with E-state index in [1.54, 1.807) is 6.26 Å². The smallest absolute Gasteiger partial charge is 0.283 e. The molecule has 28 heavy (non-hydrogen) atoms. The molecule has 2 heterocycles. The fraction of sp³-hybridized carbons (Fsp3) is 0.478. The van der Waals surface area contributed by atoms with Gasteiger partial charge in [0, 0.05) is 6.04 Å². The second-order valence-corrected chi connectivity index (χ2v) is 8.08. The minimum absolute atomic E-state index is 0.236. The van der Waals surface area contributed by atoms with E-state index < -0.39 is 0 Å². The van der Waals surface area contributed by atoms with Gasteiger partial charge >= 0.3 is 0 Å². The van der Waals surface area contributed by atoms with Crippen LogP contribution in [0.25, 0.3) is 11.7 Å². The Kier molecular flexibility index (Phi) is 5.91. The van der Waals surface area contributed by atoms with Gasteiger partial charge in [0.15, 0.2) is 5.76 Å². The second-order valence-electron chi connectivity index (χ2n) is 8.08. The topological polar surface area (TPSA) is 64.1 Å². The van der Waals surface area contributed by atoms with Crippen LogP contribution in [0.1, 0.15) is 74.9 Å². The van der Waals surface area contributed by atoms with Gasteiger partial charge in [0.05, 0.1) is 12.8 Å². The van der Waals surface area contributed by atoms with Gasteiger partial charge in [0.25, 0.3) is 5.89 Å². The van der Waals surface area contributed by atoms with E-state index in [2.05, 4.69) is 53.6 Å². The summed E-state index contributed by atoms with van der Waals surface area (Å²) < 4.78 is 11.0. The van der Waals surface area contributed by atoms with Gasteiger partial charge in [-0.25, -0.2) is 0 Å². The van der Waals surface area contributed by atoms with Crippen LogP contribution in [0.4, 0.5) is 0 Å². The van der Waals surface area contributed by atoms with Crippen molar-refractivity contribution < 1.29 is 8.83 Å². The number of nitrogens with one attached hydrogen (secondary N) is 1. The lowest BCUT2D eigenvalue weighted by Gasteiger charge is -2.25. The van der Waals surface area contributed by atoms with Gasteiger partial charge in [-0.2, -0.15) is 0 Å². The van der Waals surface area contributed by atoms with Gasteiger partial charge in [0.2, 0.25) is 5.89 Å². The zero-order chi connectivity index (χ0) is 19.3. The van der Waals surface area contributed by atoms with Crippen LogP contribution in [0, 0.1) is 5.92 Å². The normalized spacial score (nSPS) is 16.5. The molecule has 0 saturated heterocycles. The third-order valence-corrected chi connectivity index (χ3v) is 5.71. The quantitative estimate of drug-likeness (QED) is 0.556. The van der Waals surface area contributed by atoms with E-state index in [1.165, 1.54) is 43.2 Å². The Morgan fingerprint density at radius 3 is 2.50 bits per heavy atom. The van der Waals surface area contributed by atoms with Crippen LogP contribution in [0.3, 0.4) is 0 Å². The minimum atomic E-state index is 0.236. The van der Waals surface area contributed by atoms with Crippen LogP contribution in [0.15, 0.2) is 51.5 Å². The summed E-state index contributed by atoms with van der Waals surface area (Å²) in [5.41, 5.74) is 2.80. The lowest BCUT2D eigenvalue weighted by molar-refractivity contribution is 0.378. The summed E-state index contributed by atoms with van der Waals surface area (Å²) in [6.07, 6.45) is 8.40. The summed E-state index contributed by atoms with van der Waals surface area (Å²) in [4.78, 5) is 0. The third-order valence-electron chi connectivity index (χ3n) is 5.71. The van der Waals surface area contributed by atoms with Crippen molar-refractivity contribution in [2.24, 2.45) is 5.92 Å². The molecule has 1 atom stereocenters. The second kappa shape index (κ2) is 8.74. The van der Waals surface area contributed by atoms with Crippen LogP contribution in [-0.2, 0) is 6.54 Å². The highest BCUT2D eigenvalue weighted by atomic mass is 16.4. The van der Waals surface area contributed by atoms with E-state index in [4.69, 9.17) is 8.83 Å². The first-order chi connectivity index (χ1) is 13.7. The first-order valence-electron chi connectivity index (χ1n) is 10.4. The van der Waals surface area contributed by atoms with E-state index in [-0.39, 0.29) is 6.04 Å². The van der Waals surface area contributed by atoms with Gasteiger partial charge < -0.3 is 14.2 Å². The maximum atomic E-state index is 5.71. The molecule has 3 aromatic rings. The molecule has 0 bridgehead atoms. The fourth-order valence-corrected chi connectivity index (χ4v) is 4.17. The average Bonchev–Trinajstić information content (AvgIpc) is 3.41. The van der Waals surface area contributed by atoms with Crippen molar-refractivity contribution in [1.82, 2.24) is 15.5 Å². The maximum absolute atomic E-state index is 5.71. The Balaban J connectivity index is 1.41. The summed E-state index contributed by atoms with van der Waals surface area (Å²) in [6.45, 7) is 4.99. The van der Waals surface area contributed by atoms with Crippen molar-refractivity contribution in [2.75, 3.05) is 0 Å². The molecule has 0 amide bonds. The Morgan fingerprint density at radius 2 is 1.82 bits per heavy atom. The lowest BCUT2D eigenvalue weighted by atomic mass is 9.83. The molecule has 1 unspecified atom stereocenters. The molecule has 4 rings (SSSR count). The van der Waals surface area contributed by atoms with Crippen LogP contribution in [0.2, 0.25) is 0 Å². The molecule has 1 saturated carbocycles. The molecule has 5 nitrogen and oxygen atoms in total. The van der Waals surface area contributed by atoms with Crippen LogP contribution >= 0.6 is 0 Å². The Hall–Kier alpha value is -2.40. The summed E-state index contributed by atoms with van der Waals surface area (Å²) in [5.74, 6) is 2.77. The van der Waals surface area contributed by atoms with Gasteiger partial charge in [-0.05, 0) is 47.9 Å². The molecule has 1 fully saturated rings. The SMILES string of the molecule is CC(C)C(NCc1nnc(-c2ccco2)o1)c1ccc(C2CCCCC2)cc1. The molecule has 0 spiro atoms. The molecule has 1 aliphatic rings. The number of nitrogens with zero attached hydrogens (tertiary/aromatic N) is 2. The maximum Gasteiger partial charge on any atom is 0.283 e. The average molecular weight is 380 g/mol. The van der Waals surface area contributed by atoms with E-state index in [0.717, 1.165) is 5.92 Å². The molecule has 0 aliphatic heterocycles. The number of rotatable bonds is 7. The lowest BCUT2D eigenvalue weighted by Crippen LogP contribution is -2.25. The summed E-state index contributed by atoms with van der Waals surface area (Å²) >= 11 is 0. The largest absolute Gasteiger partial charge is 0.459 e. The number of furan rings is 1. The van der Waals surface area contributed by atoms with Crippen LogP contribution < -0.4 is 5.32 Å². The molecular formula is C23H29N3O2. The van der Waals surface area contributed by atoms with Crippen molar-refractivity contribution in [2.45, 2.75) is 64.5 Å². The highest BCUT2D eigenvalue weighted by molar-refractivity contribution is 5.42. The van der Waals surface area contributed by atoms with Crippen LogP contribution in [-0.4, -0.2) is 10.2 Å². The van der Waals surface area contributed by atoms with E-state index in [0.29, 0.717) is 30.0 Å². The van der Waals surface area contributed by atoms with Crippen molar-refractivity contribution in [3.8, 4) is 11.7 Å². The highest BCUT2D eigenvalue weighted by Crippen LogP contribution is 2.33. The molecule has 1 N–H and O–H groups in total. The van der Waals surface area contributed by atoms with Gasteiger partial charge in [-0.1, -0.05) is 57.4 Å². The number of aromatic nitrogens is 2. The molecular weight excluding hydrogens is 350 g/mol. The van der Waals surface area contributed by atoms with Gasteiger partial charge in [-0.15, -0.1) is 10.2 Å². The Morgan fingerprint density at radius 1 is 1.04 bits per heavy atom. The Labute approximate surface area is 166 Å². The zero-order valence-corrected chi connectivity index (χ0v) is 16.7. The van der Waals surface area contributed by atoms with E-state index in [9.17, 15) is 0 Å². The van der Waals surface area contributed by atoms with Crippen LogP contribution in [0.5, 0.6) is 0 Å². The van der Waals surface area contributed by atoms with E-state index in [1.807, 2.05) is 12.1 Å². The van der Waals surface area contributed by atoms with Crippen molar-refractivity contribution in [3.63, 3.8) is 0 Å². The first-order valence-corrected chi connectivity index (χ1v) is 10.4.